The van der Waals surface area contributed by atoms with Gasteiger partial charge in [0.25, 0.3) is 0 Å². The average molecular weight is 416 g/mol. The van der Waals surface area contributed by atoms with Gasteiger partial charge in [0.15, 0.2) is 0 Å². The van der Waals surface area contributed by atoms with Gasteiger partial charge >= 0.3 is 6.18 Å². The molecule has 10 heteroatoms. The van der Waals surface area contributed by atoms with E-state index in [0.29, 0.717) is 12.1 Å². The second-order valence-corrected chi connectivity index (χ2v) is 6.55. The van der Waals surface area contributed by atoms with Gasteiger partial charge in [0.2, 0.25) is 11.8 Å². The van der Waals surface area contributed by atoms with Crippen molar-refractivity contribution in [1.29, 1.82) is 0 Å². The highest BCUT2D eigenvalue weighted by Crippen LogP contribution is 2.33. The van der Waals surface area contributed by atoms with Crippen LogP contribution in [-0.2, 0) is 22.3 Å². The summed E-state index contributed by atoms with van der Waals surface area (Å²) in [4.78, 5) is 25.5. The van der Waals surface area contributed by atoms with Crippen LogP contribution in [-0.4, -0.2) is 18.4 Å². The van der Waals surface area contributed by atoms with Crippen LogP contribution >= 0.6 is 0 Å². The fourth-order valence-corrected chi connectivity index (χ4v) is 3.12. The van der Waals surface area contributed by atoms with Crippen molar-refractivity contribution in [3.63, 3.8) is 0 Å². The number of rotatable bonds is 4. The Labute approximate surface area is 161 Å². The van der Waals surface area contributed by atoms with Gasteiger partial charge in [-0.25, -0.2) is 13.2 Å². The molecule has 2 aromatic rings. The van der Waals surface area contributed by atoms with Crippen LogP contribution in [0.4, 0.5) is 32.0 Å². The third-order valence-electron chi connectivity index (χ3n) is 4.49. The Bertz CT molecular complexity index is 940. The molecule has 154 valence electrons. The van der Waals surface area contributed by atoms with E-state index >= 15 is 0 Å². The Morgan fingerprint density at radius 2 is 1.69 bits per heavy atom. The van der Waals surface area contributed by atoms with Crippen molar-refractivity contribution in [2.75, 3.05) is 11.4 Å². The fourth-order valence-electron chi connectivity index (χ4n) is 3.12. The quantitative estimate of drug-likeness (QED) is 0.772. The number of amides is 2. The summed E-state index contributed by atoms with van der Waals surface area (Å²) in [6, 6.07) is 4.61. The summed E-state index contributed by atoms with van der Waals surface area (Å²) in [6.45, 7) is -0.698. The second kappa shape index (κ2) is 7.76. The summed E-state index contributed by atoms with van der Waals surface area (Å²) in [7, 11) is 0. The molecule has 1 fully saturated rings. The number of benzene rings is 2. The maximum atomic E-state index is 13.4. The molecule has 1 saturated heterocycles. The minimum Gasteiger partial charge on any atom is -0.352 e. The molecule has 1 unspecified atom stereocenters. The molecule has 1 N–H and O–H groups in total. The van der Waals surface area contributed by atoms with Crippen molar-refractivity contribution in [1.82, 2.24) is 5.32 Å². The van der Waals surface area contributed by atoms with Crippen LogP contribution in [0.5, 0.6) is 0 Å². The Kier molecular flexibility index (Phi) is 5.54. The monoisotopic (exact) mass is 416 g/mol. The molecule has 4 nitrogen and oxygen atoms in total. The number of alkyl halides is 3. The molecular weight excluding hydrogens is 402 g/mol. The molecule has 1 heterocycles. The summed E-state index contributed by atoms with van der Waals surface area (Å²) < 4.78 is 78.9. The molecule has 1 aliphatic rings. The van der Waals surface area contributed by atoms with E-state index in [2.05, 4.69) is 5.32 Å². The number of carbonyl (C=O) groups is 2. The molecule has 0 spiro atoms. The lowest BCUT2D eigenvalue weighted by Gasteiger charge is -2.17. The fraction of sp³-hybridized carbons (Fsp3) is 0.263. The van der Waals surface area contributed by atoms with Gasteiger partial charge in [-0.05, 0) is 29.8 Å². The van der Waals surface area contributed by atoms with E-state index in [9.17, 15) is 35.9 Å². The molecule has 1 atom stereocenters. The first-order valence-electron chi connectivity index (χ1n) is 8.44. The van der Waals surface area contributed by atoms with Gasteiger partial charge in [-0.3, -0.25) is 9.59 Å². The summed E-state index contributed by atoms with van der Waals surface area (Å²) in [5, 5.41) is 2.30. The molecule has 29 heavy (non-hydrogen) atoms. The van der Waals surface area contributed by atoms with E-state index in [0.717, 1.165) is 29.2 Å². The Balaban J connectivity index is 1.69. The summed E-state index contributed by atoms with van der Waals surface area (Å²) in [5.41, 5.74) is -1.60. The zero-order valence-electron chi connectivity index (χ0n) is 14.7. The van der Waals surface area contributed by atoms with E-state index in [1.807, 2.05) is 0 Å². The lowest BCUT2D eigenvalue weighted by Crippen LogP contribution is -2.33. The maximum Gasteiger partial charge on any atom is 0.416 e. The van der Waals surface area contributed by atoms with Crippen molar-refractivity contribution in [2.45, 2.75) is 19.1 Å². The smallest absolute Gasteiger partial charge is 0.352 e. The van der Waals surface area contributed by atoms with E-state index in [-0.39, 0.29) is 24.2 Å². The van der Waals surface area contributed by atoms with Gasteiger partial charge in [0.05, 0.1) is 11.5 Å². The predicted molar refractivity (Wildman–Crippen MR) is 90.1 cm³/mol. The van der Waals surface area contributed by atoms with Gasteiger partial charge in [-0.15, -0.1) is 0 Å². The van der Waals surface area contributed by atoms with Gasteiger partial charge in [-0.2, -0.15) is 13.2 Å². The minimum atomic E-state index is -4.80. The number of nitrogens with one attached hydrogen (secondary N) is 1. The Morgan fingerprint density at radius 3 is 2.31 bits per heavy atom. The van der Waals surface area contributed by atoms with Crippen molar-refractivity contribution in [3.05, 3.63) is 65.0 Å². The molecule has 1 aliphatic heterocycles. The molecule has 3 rings (SSSR count). The van der Waals surface area contributed by atoms with Gasteiger partial charge in [-0.1, -0.05) is 6.07 Å². The summed E-state index contributed by atoms with van der Waals surface area (Å²) in [5.74, 6) is -5.01. The summed E-state index contributed by atoms with van der Waals surface area (Å²) in [6.07, 6.45) is -5.07. The lowest BCUT2D eigenvalue weighted by molar-refractivity contribution is -0.138. The molecule has 2 aromatic carbocycles. The maximum absolute atomic E-state index is 13.4. The number of hydrogen-bond donors (Lipinski definition) is 1. The zero-order valence-corrected chi connectivity index (χ0v) is 14.7. The van der Waals surface area contributed by atoms with E-state index in [4.69, 9.17) is 0 Å². The van der Waals surface area contributed by atoms with Crippen molar-refractivity contribution in [3.8, 4) is 0 Å². The standard InChI is InChI=1S/C19H14F6N2O2/c20-12-2-1-10(16(7-12)19(23,24)25)8-26-18(29)11-3-17(28)27(9-11)15-5-13(21)4-14(22)6-15/h1-2,4-7,11H,3,8-9H2,(H,26,29). The van der Waals surface area contributed by atoms with Gasteiger partial charge in [0.1, 0.15) is 17.5 Å². The Morgan fingerprint density at radius 1 is 1.03 bits per heavy atom. The van der Waals surface area contributed by atoms with Crippen LogP contribution in [0.1, 0.15) is 17.5 Å². The highest BCUT2D eigenvalue weighted by Gasteiger charge is 2.36. The van der Waals surface area contributed by atoms with Crippen LogP contribution < -0.4 is 10.2 Å². The third kappa shape index (κ3) is 4.69. The normalized spacial score (nSPS) is 17.0. The number of halogens is 6. The Hall–Kier alpha value is -3.04. The van der Waals surface area contributed by atoms with Gasteiger partial charge < -0.3 is 10.2 Å². The lowest BCUT2D eigenvalue weighted by atomic mass is 10.1. The second-order valence-electron chi connectivity index (χ2n) is 6.55. The van der Waals surface area contributed by atoms with Gasteiger partial charge in [0, 0.05) is 31.3 Å². The average Bonchev–Trinajstić information content (AvgIpc) is 3.00. The predicted octanol–water partition coefficient (Wildman–Crippen LogP) is 3.79. The first-order chi connectivity index (χ1) is 13.5. The SMILES string of the molecule is O=C(NCc1ccc(F)cc1C(F)(F)F)C1CC(=O)N(c2cc(F)cc(F)c2)C1. The number of anilines is 1. The van der Waals surface area contributed by atoms with Crippen molar-refractivity contribution >= 4 is 17.5 Å². The van der Waals surface area contributed by atoms with Crippen LogP contribution in [0.3, 0.4) is 0 Å². The first-order valence-corrected chi connectivity index (χ1v) is 8.44. The minimum absolute atomic E-state index is 0.0549. The van der Waals surface area contributed by atoms with Crippen LogP contribution in [0.2, 0.25) is 0 Å². The third-order valence-corrected chi connectivity index (χ3v) is 4.49. The molecule has 0 aromatic heterocycles. The van der Waals surface area contributed by atoms with Crippen LogP contribution in [0.25, 0.3) is 0 Å². The van der Waals surface area contributed by atoms with E-state index < -0.39 is 53.5 Å². The highest BCUT2D eigenvalue weighted by molar-refractivity contribution is 6.00. The molecule has 0 radical (unpaired) electrons. The largest absolute Gasteiger partial charge is 0.416 e. The van der Waals surface area contributed by atoms with Crippen LogP contribution in [0, 0.1) is 23.4 Å². The number of hydrogen-bond acceptors (Lipinski definition) is 2. The molecule has 0 bridgehead atoms. The molecule has 0 saturated carbocycles. The van der Waals surface area contributed by atoms with E-state index in [1.165, 1.54) is 0 Å². The topological polar surface area (TPSA) is 49.4 Å². The molecule has 0 aliphatic carbocycles. The molecular formula is C19H14F6N2O2. The van der Waals surface area contributed by atoms with E-state index in [1.54, 1.807) is 0 Å². The number of carbonyl (C=O) groups excluding carboxylic acids is 2. The van der Waals surface area contributed by atoms with Crippen molar-refractivity contribution < 1.29 is 35.9 Å². The number of nitrogens with zero attached hydrogens (tertiary/aromatic N) is 1. The zero-order chi connectivity index (χ0) is 21.3. The first kappa shape index (κ1) is 20.7. The molecule has 2 amide bonds. The van der Waals surface area contributed by atoms with Crippen LogP contribution in [0.15, 0.2) is 36.4 Å². The summed E-state index contributed by atoms with van der Waals surface area (Å²) >= 11 is 0. The highest BCUT2D eigenvalue weighted by atomic mass is 19.4. The van der Waals surface area contributed by atoms with Crippen molar-refractivity contribution in [2.24, 2.45) is 5.92 Å².